The van der Waals surface area contributed by atoms with E-state index < -0.39 is 11.7 Å². The second-order valence-corrected chi connectivity index (χ2v) is 7.43. The third-order valence-corrected chi connectivity index (χ3v) is 4.06. The maximum Gasteiger partial charge on any atom is 0.418 e. The Morgan fingerprint density at radius 2 is 1.75 bits per heavy atom. The Balaban J connectivity index is 2.34. The molecule has 0 fully saturated rings. The number of benzene rings is 2. The molecule has 0 aliphatic rings. The van der Waals surface area contributed by atoms with Gasteiger partial charge in [-0.25, -0.2) is 4.79 Å². The van der Waals surface area contributed by atoms with Crippen molar-refractivity contribution in [3.8, 4) is 5.75 Å². The highest BCUT2D eigenvalue weighted by Gasteiger charge is 2.22. The van der Waals surface area contributed by atoms with E-state index in [2.05, 4.69) is 18.7 Å². The maximum atomic E-state index is 12.8. The monoisotopic (exact) mass is 379 g/mol. The predicted octanol–water partition coefficient (Wildman–Crippen LogP) is 6.31. The van der Waals surface area contributed by atoms with Gasteiger partial charge in [0, 0.05) is 12.1 Å². The van der Waals surface area contributed by atoms with Gasteiger partial charge in [0.25, 0.3) is 0 Å². The van der Waals surface area contributed by atoms with Crippen molar-refractivity contribution >= 4 is 11.8 Å². The molecule has 0 heterocycles. The molecule has 148 valence electrons. The summed E-state index contributed by atoms with van der Waals surface area (Å²) in [5, 5.41) is 0. The molecule has 0 aromatic heterocycles. The molecule has 0 N–H and O–H groups in total. The van der Waals surface area contributed by atoms with Gasteiger partial charge in [0.15, 0.2) is 0 Å². The van der Waals surface area contributed by atoms with Gasteiger partial charge in [-0.3, -0.25) is 4.90 Å². The normalized spacial score (nSPS) is 12.4. The molecule has 0 aliphatic carbocycles. The van der Waals surface area contributed by atoms with Crippen LogP contribution in [0.5, 0.6) is 5.75 Å². The number of rotatable bonds is 7. The van der Waals surface area contributed by atoms with Gasteiger partial charge in [-0.05, 0) is 57.0 Å². The number of nitrogens with zero attached hydrogens (tertiary/aromatic N) is 1. The van der Waals surface area contributed by atoms with Crippen LogP contribution in [0.3, 0.4) is 0 Å². The molecule has 0 bridgehead atoms. The largest absolute Gasteiger partial charge is 0.497 e. The SMILES string of the molecule is C=CC[C@@H](/C=C/N(C(=O)OC(C)(C)C)c1ccc(OC)cc1)c1ccccc1. The summed E-state index contributed by atoms with van der Waals surface area (Å²) in [5.74, 6) is 0.840. The van der Waals surface area contributed by atoms with Gasteiger partial charge in [0.1, 0.15) is 11.4 Å². The Hall–Kier alpha value is -3.01. The highest BCUT2D eigenvalue weighted by molar-refractivity contribution is 5.90. The van der Waals surface area contributed by atoms with Crippen molar-refractivity contribution in [1.29, 1.82) is 0 Å². The molecule has 2 aromatic rings. The highest BCUT2D eigenvalue weighted by atomic mass is 16.6. The van der Waals surface area contributed by atoms with Gasteiger partial charge in [0.2, 0.25) is 0 Å². The number of allylic oxidation sites excluding steroid dienone is 2. The highest BCUT2D eigenvalue weighted by Crippen LogP contribution is 2.25. The quantitative estimate of drug-likeness (QED) is 0.529. The summed E-state index contributed by atoms with van der Waals surface area (Å²) in [4.78, 5) is 14.3. The van der Waals surface area contributed by atoms with Crippen LogP contribution in [-0.2, 0) is 4.74 Å². The molecule has 2 aromatic carbocycles. The average molecular weight is 380 g/mol. The number of anilines is 1. The Morgan fingerprint density at radius 3 is 2.29 bits per heavy atom. The van der Waals surface area contributed by atoms with E-state index in [0.29, 0.717) is 5.69 Å². The smallest absolute Gasteiger partial charge is 0.418 e. The number of amides is 1. The molecular weight excluding hydrogens is 350 g/mol. The van der Waals surface area contributed by atoms with Crippen molar-refractivity contribution in [2.24, 2.45) is 0 Å². The fourth-order valence-electron chi connectivity index (χ4n) is 2.70. The molecule has 0 spiro atoms. The van der Waals surface area contributed by atoms with E-state index in [4.69, 9.17) is 9.47 Å². The van der Waals surface area contributed by atoms with E-state index in [1.807, 2.05) is 75.4 Å². The van der Waals surface area contributed by atoms with Crippen LogP contribution < -0.4 is 9.64 Å². The van der Waals surface area contributed by atoms with Crippen molar-refractivity contribution < 1.29 is 14.3 Å². The number of ether oxygens (including phenoxy) is 2. The summed E-state index contributed by atoms with van der Waals surface area (Å²) in [6.45, 7) is 9.42. The van der Waals surface area contributed by atoms with Crippen LogP contribution in [0.2, 0.25) is 0 Å². The zero-order valence-electron chi connectivity index (χ0n) is 17.1. The first-order valence-electron chi connectivity index (χ1n) is 9.34. The first kappa shape index (κ1) is 21.3. The lowest BCUT2D eigenvalue weighted by Crippen LogP contribution is -2.33. The molecule has 2 rings (SSSR count). The van der Waals surface area contributed by atoms with Crippen molar-refractivity contribution in [3.63, 3.8) is 0 Å². The standard InChI is InChI=1S/C24H29NO3/c1-6-10-19(20-11-8-7-9-12-20)17-18-25(23(26)28-24(2,3)4)21-13-15-22(27-5)16-14-21/h6-9,11-19H,1,10H2,2-5H3/b18-17+/t19-/m0/s1. The van der Waals surface area contributed by atoms with Crippen LogP contribution in [0, 0.1) is 0 Å². The summed E-state index contributed by atoms with van der Waals surface area (Å²) < 4.78 is 10.8. The molecule has 0 saturated carbocycles. The van der Waals surface area contributed by atoms with E-state index in [1.54, 1.807) is 13.3 Å². The van der Waals surface area contributed by atoms with Gasteiger partial charge in [0.05, 0.1) is 12.8 Å². The van der Waals surface area contributed by atoms with Crippen molar-refractivity contribution in [2.45, 2.75) is 38.7 Å². The summed E-state index contributed by atoms with van der Waals surface area (Å²) >= 11 is 0. The molecule has 0 unspecified atom stereocenters. The van der Waals surface area contributed by atoms with Crippen LogP contribution in [0.15, 0.2) is 79.5 Å². The third kappa shape index (κ3) is 6.31. The molecule has 28 heavy (non-hydrogen) atoms. The Labute approximate surface area is 168 Å². The van der Waals surface area contributed by atoms with Gasteiger partial charge in [-0.15, -0.1) is 6.58 Å². The van der Waals surface area contributed by atoms with E-state index in [1.165, 1.54) is 4.90 Å². The lowest BCUT2D eigenvalue weighted by molar-refractivity contribution is 0.0596. The summed E-state index contributed by atoms with van der Waals surface area (Å²) in [7, 11) is 1.61. The Kier molecular flexibility index (Phi) is 7.44. The number of hydrogen-bond acceptors (Lipinski definition) is 3. The van der Waals surface area contributed by atoms with E-state index in [0.717, 1.165) is 17.7 Å². The van der Waals surface area contributed by atoms with Crippen LogP contribution in [0.25, 0.3) is 0 Å². The molecule has 1 atom stereocenters. The maximum absolute atomic E-state index is 12.8. The average Bonchev–Trinajstić information content (AvgIpc) is 2.67. The summed E-state index contributed by atoms with van der Waals surface area (Å²) in [6.07, 6.45) is 6.00. The molecule has 0 aliphatic heterocycles. The summed E-state index contributed by atoms with van der Waals surface area (Å²) in [6, 6.07) is 17.5. The van der Waals surface area contributed by atoms with E-state index >= 15 is 0 Å². The zero-order chi connectivity index (χ0) is 20.6. The predicted molar refractivity (Wildman–Crippen MR) is 115 cm³/mol. The van der Waals surface area contributed by atoms with Gasteiger partial charge < -0.3 is 9.47 Å². The molecule has 4 heteroatoms. The van der Waals surface area contributed by atoms with E-state index in [9.17, 15) is 4.79 Å². The lowest BCUT2D eigenvalue weighted by Gasteiger charge is -2.25. The Morgan fingerprint density at radius 1 is 1.11 bits per heavy atom. The van der Waals surface area contributed by atoms with Gasteiger partial charge >= 0.3 is 6.09 Å². The van der Waals surface area contributed by atoms with Crippen molar-refractivity contribution in [1.82, 2.24) is 0 Å². The van der Waals surface area contributed by atoms with Gasteiger partial charge in [-0.2, -0.15) is 0 Å². The number of hydrogen-bond donors (Lipinski definition) is 0. The van der Waals surface area contributed by atoms with Crippen molar-refractivity contribution in [3.05, 3.63) is 85.1 Å². The first-order valence-corrected chi connectivity index (χ1v) is 9.34. The van der Waals surface area contributed by atoms with Gasteiger partial charge in [-0.1, -0.05) is 42.5 Å². The molecule has 0 saturated heterocycles. The third-order valence-electron chi connectivity index (χ3n) is 4.06. The van der Waals surface area contributed by atoms with Crippen LogP contribution >= 0.6 is 0 Å². The Bertz CT molecular complexity index is 789. The zero-order valence-corrected chi connectivity index (χ0v) is 17.1. The molecule has 1 amide bonds. The first-order chi connectivity index (χ1) is 13.3. The molecular formula is C24H29NO3. The minimum atomic E-state index is -0.588. The fraction of sp³-hybridized carbons (Fsp3) is 0.292. The number of carbonyl (C=O) groups is 1. The van der Waals surface area contributed by atoms with Crippen LogP contribution in [0.4, 0.5) is 10.5 Å². The van der Waals surface area contributed by atoms with Crippen LogP contribution in [-0.4, -0.2) is 18.8 Å². The van der Waals surface area contributed by atoms with Crippen molar-refractivity contribution in [2.75, 3.05) is 12.0 Å². The number of carbonyl (C=O) groups excluding carboxylic acids is 1. The lowest BCUT2D eigenvalue weighted by atomic mass is 9.96. The topological polar surface area (TPSA) is 38.8 Å². The fourth-order valence-corrected chi connectivity index (χ4v) is 2.70. The minimum absolute atomic E-state index is 0.113. The second kappa shape index (κ2) is 9.79. The molecule has 0 radical (unpaired) electrons. The van der Waals surface area contributed by atoms with E-state index in [-0.39, 0.29) is 5.92 Å². The second-order valence-electron chi connectivity index (χ2n) is 7.43. The number of methoxy groups -OCH3 is 1. The summed E-state index contributed by atoms with van der Waals surface area (Å²) in [5.41, 5.74) is 1.28. The minimum Gasteiger partial charge on any atom is -0.497 e. The molecule has 4 nitrogen and oxygen atoms in total. The van der Waals surface area contributed by atoms with Crippen LogP contribution in [0.1, 0.15) is 38.7 Å².